The fourth-order valence-corrected chi connectivity index (χ4v) is 0.956. The van der Waals surface area contributed by atoms with Crippen LogP contribution in [0.25, 0.3) is 0 Å². The van der Waals surface area contributed by atoms with Crippen LogP contribution in [-0.2, 0) is 4.74 Å². The average Bonchev–Trinajstić information content (AvgIpc) is 1.98. The van der Waals surface area contributed by atoms with Crippen molar-refractivity contribution in [2.45, 2.75) is 38.1 Å². The van der Waals surface area contributed by atoms with Crippen molar-refractivity contribution in [3.63, 3.8) is 0 Å². The molecule has 1 atom stereocenters. The van der Waals surface area contributed by atoms with Gasteiger partial charge in [-0.1, -0.05) is 0 Å². The summed E-state index contributed by atoms with van der Waals surface area (Å²) in [6.45, 7) is 3.26. The van der Waals surface area contributed by atoms with E-state index < -0.39 is 17.8 Å². The molecular weight excluding hydrogens is 183 g/mol. The van der Waals surface area contributed by atoms with Crippen LogP contribution in [0.2, 0.25) is 0 Å². The van der Waals surface area contributed by atoms with Gasteiger partial charge in [-0.15, -0.1) is 0 Å². The third-order valence-corrected chi connectivity index (χ3v) is 1.99. The highest BCUT2D eigenvalue weighted by molar-refractivity contribution is 4.82. The molecule has 0 aliphatic rings. The van der Waals surface area contributed by atoms with Crippen molar-refractivity contribution < 1.29 is 17.9 Å². The standard InChI is InChI=1S/C8H16F3NO/c1-7(2,13-4)5-6(12-3)8(9,10)11/h6,12H,5H2,1-4H3. The lowest BCUT2D eigenvalue weighted by molar-refractivity contribution is -0.167. The molecule has 0 fully saturated rings. The van der Waals surface area contributed by atoms with Crippen LogP contribution in [0, 0.1) is 0 Å². The SMILES string of the molecule is CNC(CC(C)(C)OC)C(F)(F)F. The summed E-state index contributed by atoms with van der Waals surface area (Å²) in [7, 11) is 2.70. The van der Waals surface area contributed by atoms with Crippen LogP contribution >= 0.6 is 0 Å². The van der Waals surface area contributed by atoms with Gasteiger partial charge in [-0.2, -0.15) is 13.2 Å². The first kappa shape index (κ1) is 12.7. The van der Waals surface area contributed by atoms with E-state index in [1.54, 1.807) is 13.8 Å². The van der Waals surface area contributed by atoms with E-state index >= 15 is 0 Å². The normalized spacial score (nSPS) is 15.9. The van der Waals surface area contributed by atoms with Gasteiger partial charge >= 0.3 is 6.18 Å². The Labute approximate surface area is 76.5 Å². The van der Waals surface area contributed by atoms with Crippen molar-refractivity contribution >= 4 is 0 Å². The predicted octanol–water partition coefficient (Wildman–Crippen LogP) is 1.95. The predicted molar refractivity (Wildman–Crippen MR) is 44.6 cm³/mol. The van der Waals surface area contributed by atoms with Crippen LogP contribution in [0.1, 0.15) is 20.3 Å². The van der Waals surface area contributed by atoms with Gasteiger partial charge in [-0.05, 0) is 27.3 Å². The first-order valence-corrected chi connectivity index (χ1v) is 4.02. The average molecular weight is 199 g/mol. The number of methoxy groups -OCH3 is 1. The molecule has 0 saturated heterocycles. The Morgan fingerprint density at radius 1 is 1.31 bits per heavy atom. The van der Waals surface area contributed by atoms with E-state index in [9.17, 15) is 13.2 Å². The van der Waals surface area contributed by atoms with E-state index in [1.807, 2.05) is 0 Å². The van der Waals surface area contributed by atoms with Crippen molar-refractivity contribution in [1.82, 2.24) is 5.32 Å². The lowest BCUT2D eigenvalue weighted by Crippen LogP contribution is -2.45. The van der Waals surface area contributed by atoms with Crippen LogP contribution in [0.15, 0.2) is 0 Å². The van der Waals surface area contributed by atoms with Crippen LogP contribution in [-0.4, -0.2) is 32.0 Å². The molecule has 0 spiro atoms. The molecule has 1 N–H and O–H groups in total. The summed E-state index contributed by atoms with van der Waals surface area (Å²) < 4.78 is 41.7. The lowest BCUT2D eigenvalue weighted by atomic mass is 9.98. The van der Waals surface area contributed by atoms with E-state index in [1.165, 1.54) is 14.2 Å². The van der Waals surface area contributed by atoms with Gasteiger partial charge in [0.15, 0.2) is 0 Å². The zero-order valence-electron chi connectivity index (χ0n) is 8.33. The minimum atomic E-state index is -4.22. The second-order valence-corrected chi connectivity index (χ2v) is 3.55. The number of alkyl halides is 3. The Balaban J connectivity index is 4.30. The van der Waals surface area contributed by atoms with Crippen LogP contribution in [0.4, 0.5) is 13.2 Å². The Morgan fingerprint density at radius 3 is 2.00 bits per heavy atom. The molecule has 5 heteroatoms. The Morgan fingerprint density at radius 2 is 1.77 bits per heavy atom. The van der Waals surface area contributed by atoms with Crippen molar-refractivity contribution in [1.29, 1.82) is 0 Å². The zero-order valence-corrected chi connectivity index (χ0v) is 8.33. The maximum absolute atomic E-state index is 12.3. The van der Waals surface area contributed by atoms with E-state index in [-0.39, 0.29) is 6.42 Å². The number of hydrogen-bond acceptors (Lipinski definition) is 2. The van der Waals surface area contributed by atoms with Crippen molar-refractivity contribution in [2.75, 3.05) is 14.2 Å². The molecule has 13 heavy (non-hydrogen) atoms. The van der Waals surface area contributed by atoms with Crippen LogP contribution < -0.4 is 5.32 Å². The second-order valence-electron chi connectivity index (χ2n) is 3.55. The number of nitrogens with one attached hydrogen (secondary N) is 1. The summed E-state index contributed by atoms with van der Waals surface area (Å²) >= 11 is 0. The van der Waals surface area contributed by atoms with Crippen molar-refractivity contribution in [3.8, 4) is 0 Å². The van der Waals surface area contributed by atoms with Gasteiger partial charge in [0.2, 0.25) is 0 Å². The Bertz CT molecular complexity index is 156. The molecule has 0 saturated carbocycles. The lowest BCUT2D eigenvalue weighted by Gasteiger charge is -2.29. The molecule has 0 rings (SSSR count). The molecule has 0 aliphatic carbocycles. The maximum Gasteiger partial charge on any atom is 0.403 e. The largest absolute Gasteiger partial charge is 0.403 e. The highest BCUT2D eigenvalue weighted by Crippen LogP contribution is 2.27. The molecule has 0 heterocycles. The quantitative estimate of drug-likeness (QED) is 0.747. The van der Waals surface area contributed by atoms with E-state index in [0.717, 1.165) is 0 Å². The molecule has 0 amide bonds. The fourth-order valence-electron chi connectivity index (χ4n) is 0.956. The van der Waals surface area contributed by atoms with Gasteiger partial charge in [0.05, 0.1) is 5.60 Å². The van der Waals surface area contributed by atoms with Crippen molar-refractivity contribution in [2.24, 2.45) is 0 Å². The summed E-state index contributed by atoms with van der Waals surface area (Å²) in [4.78, 5) is 0. The van der Waals surface area contributed by atoms with Gasteiger partial charge in [-0.25, -0.2) is 0 Å². The Kier molecular flexibility index (Phi) is 4.19. The van der Waals surface area contributed by atoms with Crippen LogP contribution in [0.3, 0.4) is 0 Å². The van der Waals surface area contributed by atoms with E-state index in [2.05, 4.69) is 5.32 Å². The molecule has 0 aromatic heterocycles. The number of halogens is 3. The van der Waals surface area contributed by atoms with E-state index in [4.69, 9.17) is 4.74 Å². The first-order chi connectivity index (χ1) is 5.73. The highest BCUT2D eigenvalue weighted by atomic mass is 19.4. The van der Waals surface area contributed by atoms with Gasteiger partial charge in [0.25, 0.3) is 0 Å². The summed E-state index contributed by atoms with van der Waals surface area (Å²) in [6, 6.07) is -1.51. The van der Waals surface area contributed by atoms with Gasteiger partial charge in [0, 0.05) is 7.11 Å². The number of rotatable bonds is 4. The smallest absolute Gasteiger partial charge is 0.379 e. The molecule has 1 unspecified atom stereocenters. The molecule has 0 radical (unpaired) electrons. The zero-order chi connectivity index (χ0) is 10.7. The summed E-state index contributed by atoms with van der Waals surface area (Å²) in [5.74, 6) is 0. The maximum atomic E-state index is 12.3. The molecule has 2 nitrogen and oxygen atoms in total. The third-order valence-electron chi connectivity index (χ3n) is 1.99. The van der Waals surface area contributed by atoms with Crippen LogP contribution in [0.5, 0.6) is 0 Å². The molecule has 0 aromatic rings. The molecular formula is C8H16F3NO. The molecule has 0 aromatic carbocycles. The van der Waals surface area contributed by atoms with Gasteiger partial charge in [-0.3, -0.25) is 0 Å². The summed E-state index contributed by atoms with van der Waals surface area (Å²) in [5, 5.41) is 2.23. The minimum Gasteiger partial charge on any atom is -0.379 e. The van der Waals surface area contributed by atoms with Gasteiger partial charge in [0.1, 0.15) is 6.04 Å². The second kappa shape index (κ2) is 4.28. The summed E-state index contributed by atoms with van der Waals surface area (Å²) in [5.41, 5.74) is -0.761. The van der Waals surface area contributed by atoms with E-state index in [0.29, 0.717) is 0 Å². The molecule has 0 aliphatic heterocycles. The van der Waals surface area contributed by atoms with Crippen molar-refractivity contribution in [3.05, 3.63) is 0 Å². The number of hydrogen-bond donors (Lipinski definition) is 1. The Hall–Kier alpha value is -0.290. The van der Waals surface area contributed by atoms with Gasteiger partial charge < -0.3 is 10.1 Å². The summed E-state index contributed by atoms with van der Waals surface area (Å²) in [6.07, 6.45) is -4.31. The molecule has 0 bridgehead atoms. The monoisotopic (exact) mass is 199 g/mol. The highest BCUT2D eigenvalue weighted by Gasteiger charge is 2.41. The molecule has 80 valence electrons. The topological polar surface area (TPSA) is 21.3 Å². The minimum absolute atomic E-state index is 0.0938. The number of ether oxygens (including phenoxy) is 1. The fraction of sp³-hybridized carbons (Fsp3) is 1.00. The first-order valence-electron chi connectivity index (χ1n) is 4.02. The third kappa shape index (κ3) is 4.47.